The Bertz CT molecular complexity index is 3280. The summed E-state index contributed by atoms with van der Waals surface area (Å²) >= 11 is 0. The summed E-state index contributed by atoms with van der Waals surface area (Å²) in [6.07, 6.45) is 0.428. The number of aromatic nitrogens is 4. The number of likely N-dealkylation sites (N-methyl/N-ethyl adjacent to an activating group) is 2. The van der Waals surface area contributed by atoms with Crippen LogP contribution in [0.3, 0.4) is 0 Å². The van der Waals surface area contributed by atoms with E-state index in [1.807, 2.05) is 11.8 Å². The lowest BCUT2D eigenvalue weighted by Crippen LogP contribution is -2.45. The fourth-order valence-corrected chi connectivity index (χ4v) is 9.32. The second-order valence-electron chi connectivity index (χ2n) is 20.3. The van der Waals surface area contributed by atoms with Gasteiger partial charge >= 0.3 is 6.18 Å². The minimum Gasteiger partial charge on any atom is -0.439 e. The van der Waals surface area contributed by atoms with Gasteiger partial charge in [-0.25, -0.2) is 28.7 Å². The van der Waals surface area contributed by atoms with Crippen molar-refractivity contribution < 1.29 is 50.6 Å². The average Bonchev–Trinajstić information content (AvgIpc) is 3.62. The Balaban J connectivity index is 0.000000239. The fraction of sp³-hybridized carbons (Fsp3) is 0.355. The van der Waals surface area contributed by atoms with Crippen LogP contribution < -0.4 is 20.1 Å². The first-order valence-electron chi connectivity index (χ1n) is 27.3. The number of allylic oxidation sites excluding steroid dienone is 1. The molecule has 2 N–H and O–H groups in total. The molecular formula is C62H69F5N10O6. The van der Waals surface area contributed by atoms with Crippen molar-refractivity contribution in [3.63, 3.8) is 0 Å². The Morgan fingerprint density at radius 2 is 1.13 bits per heavy atom. The minimum atomic E-state index is -4.57. The van der Waals surface area contributed by atoms with E-state index in [1.165, 1.54) is 55.1 Å². The van der Waals surface area contributed by atoms with Crippen LogP contribution in [-0.4, -0.2) is 135 Å². The van der Waals surface area contributed by atoms with Gasteiger partial charge in [-0.1, -0.05) is 63.4 Å². The van der Waals surface area contributed by atoms with E-state index in [0.717, 1.165) is 70.9 Å². The maximum atomic E-state index is 14.7. The zero-order valence-electron chi connectivity index (χ0n) is 47.3. The molecular weight excluding hydrogens is 1080 g/mol. The van der Waals surface area contributed by atoms with Crippen LogP contribution in [0.2, 0.25) is 0 Å². The van der Waals surface area contributed by atoms with Crippen molar-refractivity contribution in [2.75, 3.05) is 82.6 Å². The molecule has 0 atom stereocenters. The van der Waals surface area contributed by atoms with Gasteiger partial charge in [0.15, 0.2) is 17.3 Å². The van der Waals surface area contributed by atoms with E-state index in [4.69, 9.17) is 9.47 Å². The van der Waals surface area contributed by atoms with Gasteiger partial charge in [0.25, 0.3) is 11.8 Å². The lowest BCUT2D eigenvalue weighted by molar-refractivity contribution is -0.138. The highest BCUT2D eigenvalue weighted by Gasteiger charge is 2.35. The van der Waals surface area contributed by atoms with Crippen LogP contribution in [0.1, 0.15) is 86.1 Å². The van der Waals surface area contributed by atoms with Gasteiger partial charge in [-0.2, -0.15) is 13.2 Å². The number of ketones is 3. The number of anilines is 2. The Hall–Kier alpha value is -8.11. The van der Waals surface area contributed by atoms with Gasteiger partial charge in [0.1, 0.15) is 30.0 Å². The summed E-state index contributed by atoms with van der Waals surface area (Å²) in [6, 6.07) is 21.7. The number of Topliss-reactive ketones (excluding diaryl/α,β-unsaturated/α-hetero) is 1. The van der Waals surface area contributed by atoms with E-state index in [2.05, 4.69) is 72.3 Å². The number of aryl methyl sites for hydroxylation is 2. The molecule has 2 saturated heterocycles. The third-order valence-electron chi connectivity index (χ3n) is 14.3. The van der Waals surface area contributed by atoms with Crippen LogP contribution >= 0.6 is 0 Å². The maximum Gasteiger partial charge on any atom is 0.416 e. The highest BCUT2D eigenvalue weighted by Crippen LogP contribution is 2.36. The van der Waals surface area contributed by atoms with Crippen molar-refractivity contribution in [3.8, 4) is 23.3 Å². The van der Waals surface area contributed by atoms with Crippen molar-refractivity contribution in [1.82, 2.24) is 39.5 Å². The molecule has 2 aliphatic heterocycles. The quantitative estimate of drug-likeness (QED) is 0.0352. The Labute approximate surface area is 480 Å². The molecule has 2 aromatic heterocycles. The van der Waals surface area contributed by atoms with Gasteiger partial charge in [-0.05, 0) is 103 Å². The summed E-state index contributed by atoms with van der Waals surface area (Å²) in [5.41, 5.74) is 3.02. The standard InChI is InChI=1S/C32H37F2N5O3.C30H32F3N5O3/c1-5-26(40)19-35-30-18-31(37-21-36-30)42-29-17-24(9-7-22(29)3)28(41)16-23-8-10-25(27(15-23)32(4,33)34)20-39-13-11-38(6-2)12-14-39;1-4-25(39)15-24-17-28(35-19-34-24)41-27-14-21(7-6-20(27)3)29(40)36-23-9-8-22(26(16-23)30(31,32)33)18-38-12-10-37(5-2)11-13-38/h5,7-10,15,17-18,21H,1,6,11-14,16,19-20H2,2-4H3,(H,35,36,37);4,6-9,14,16-17,19H,1,5,10-13,15,18H2,2-3H3,(H,36,40). The first-order chi connectivity index (χ1) is 39.6. The summed E-state index contributed by atoms with van der Waals surface area (Å²) in [5.74, 6) is -2.69. The molecule has 2 aliphatic rings. The lowest BCUT2D eigenvalue weighted by Gasteiger charge is -2.34. The molecule has 0 unspecified atom stereocenters. The number of ether oxygens (including phenoxy) is 2. The predicted molar refractivity (Wildman–Crippen MR) is 307 cm³/mol. The number of rotatable bonds is 23. The molecule has 2 fully saturated rings. The molecule has 0 spiro atoms. The Morgan fingerprint density at radius 1 is 0.602 bits per heavy atom. The summed E-state index contributed by atoms with van der Waals surface area (Å²) in [4.78, 5) is 74.5. The zero-order chi connectivity index (χ0) is 59.8. The molecule has 6 aromatic rings. The maximum absolute atomic E-state index is 14.7. The van der Waals surface area contributed by atoms with Crippen LogP contribution in [0.5, 0.6) is 23.3 Å². The van der Waals surface area contributed by atoms with E-state index in [0.29, 0.717) is 64.9 Å². The molecule has 4 heterocycles. The van der Waals surface area contributed by atoms with Crippen molar-refractivity contribution in [1.29, 1.82) is 0 Å². The van der Waals surface area contributed by atoms with E-state index in [-0.39, 0.29) is 77.4 Å². The molecule has 1 amide bonds. The SMILES string of the molecule is C=CC(=O)CNc1cc(Oc2cc(C(=O)Cc3ccc(CN4CCN(CC)CC4)c(C(C)(F)F)c3)ccc2C)ncn1.C=CC(=O)Cc1cc(Oc2cc(C(=O)Nc3ccc(CN4CCN(CC)CC4)c(C(F)(F)F)c3)ccc2C)ncn1. The number of hydrogen-bond acceptors (Lipinski definition) is 15. The predicted octanol–water partition coefficient (Wildman–Crippen LogP) is 10.7. The topological polar surface area (TPSA) is 175 Å². The zero-order valence-corrected chi connectivity index (χ0v) is 47.3. The van der Waals surface area contributed by atoms with Gasteiger partial charge in [0.2, 0.25) is 11.8 Å². The second-order valence-corrected chi connectivity index (χ2v) is 20.3. The summed E-state index contributed by atoms with van der Waals surface area (Å²) < 4.78 is 83.2. The number of alkyl halides is 5. The number of carbonyl (C=O) groups is 4. The number of carbonyl (C=O) groups excluding carboxylic acids is 4. The van der Waals surface area contributed by atoms with E-state index in [1.54, 1.807) is 55.5 Å². The van der Waals surface area contributed by atoms with Gasteiger partial charge in [-0.15, -0.1) is 0 Å². The molecule has 83 heavy (non-hydrogen) atoms. The smallest absolute Gasteiger partial charge is 0.416 e. The van der Waals surface area contributed by atoms with Crippen molar-refractivity contribution in [3.05, 3.63) is 179 Å². The van der Waals surface area contributed by atoms with Crippen LogP contribution in [0.25, 0.3) is 0 Å². The first kappa shape index (κ1) is 62.5. The molecule has 8 rings (SSSR count). The summed E-state index contributed by atoms with van der Waals surface area (Å²) in [6.45, 7) is 24.7. The number of piperazine rings is 2. The monoisotopic (exact) mass is 1140 g/mol. The second kappa shape index (κ2) is 28.7. The normalized spacial score (nSPS) is 14.4. The number of benzene rings is 4. The van der Waals surface area contributed by atoms with E-state index < -0.39 is 23.6 Å². The van der Waals surface area contributed by atoms with Gasteiger partial charge in [-0.3, -0.25) is 29.0 Å². The van der Waals surface area contributed by atoms with Crippen LogP contribution in [0.4, 0.5) is 33.5 Å². The van der Waals surface area contributed by atoms with Crippen LogP contribution in [0, 0.1) is 13.8 Å². The summed E-state index contributed by atoms with van der Waals surface area (Å²) in [7, 11) is 0. The van der Waals surface area contributed by atoms with Crippen molar-refractivity contribution >= 4 is 34.8 Å². The van der Waals surface area contributed by atoms with Crippen LogP contribution in [-0.2, 0) is 47.6 Å². The van der Waals surface area contributed by atoms with Crippen molar-refractivity contribution in [2.45, 2.75) is 72.6 Å². The highest BCUT2D eigenvalue weighted by molar-refractivity contribution is 6.04. The summed E-state index contributed by atoms with van der Waals surface area (Å²) in [5, 5.41) is 5.45. The number of halogens is 5. The molecule has 0 bridgehead atoms. The lowest BCUT2D eigenvalue weighted by atomic mass is 9.95. The van der Waals surface area contributed by atoms with Gasteiger partial charge in [0.05, 0.1) is 24.2 Å². The molecule has 16 nitrogen and oxygen atoms in total. The number of amides is 1. The molecule has 0 aliphatic carbocycles. The third kappa shape index (κ3) is 18.2. The fourth-order valence-electron chi connectivity index (χ4n) is 9.32. The molecule has 4 aromatic carbocycles. The average molecular weight is 1150 g/mol. The number of hydrogen-bond donors (Lipinski definition) is 2. The Kier molecular flexibility index (Phi) is 21.6. The van der Waals surface area contributed by atoms with Crippen molar-refractivity contribution in [2.24, 2.45) is 0 Å². The molecule has 0 radical (unpaired) electrons. The first-order valence-corrected chi connectivity index (χ1v) is 27.3. The van der Waals surface area contributed by atoms with Gasteiger partial charge < -0.3 is 29.9 Å². The third-order valence-corrected chi connectivity index (χ3v) is 14.3. The Morgan fingerprint density at radius 3 is 1.70 bits per heavy atom. The molecule has 438 valence electrons. The largest absolute Gasteiger partial charge is 0.439 e. The van der Waals surface area contributed by atoms with E-state index in [9.17, 15) is 41.1 Å². The van der Waals surface area contributed by atoms with Crippen LogP contribution in [0.15, 0.2) is 123 Å². The highest BCUT2D eigenvalue weighted by atomic mass is 19.4. The minimum absolute atomic E-state index is 0.0278. The molecule has 0 saturated carbocycles. The van der Waals surface area contributed by atoms with Gasteiger partial charge in [0, 0.05) is 113 Å². The molecule has 21 heteroatoms. The number of nitrogens with one attached hydrogen (secondary N) is 2. The van der Waals surface area contributed by atoms with E-state index >= 15 is 0 Å². The number of nitrogens with zero attached hydrogens (tertiary/aromatic N) is 8.